The zero-order valence-electron chi connectivity index (χ0n) is 18.9. The van der Waals surface area contributed by atoms with Crippen LogP contribution in [0.2, 0.25) is 0 Å². The number of aryl methyl sites for hydroxylation is 1. The van der Waals surface area contributed by atoms with E-state index in [0.717, 1.165) is 12.1 Å². The van der Waals surface area contributed by atoms with Crippen molar-refractivity contribution in [1.29, 1.82) is 0 Å². The van der Waals surface area contributed by atoms with Gasteiger partial charge < -0.3 is 19.8 Å². The quantitative estimate of drug-likeness (QED) is 0.401. The van der Waals surface area contributed by atoms with E-state index in [1.165, 1.54) is 15.5 Å². The molecule has 0 aliphatic carbocycles. The molecular weight excluding hydrogens is 528 g/mol. The Morgan fingerprint density at radius 3 is 2.51 bits per heavy atom. The van der Waals surface area contributed by atoms with E-state index in [1.54, 1.807) is 31.2 Å². The third kappa shape index (κ3) is 6.50. The number of aliphatic hydroxyl groups excluding tert-OH is 2. The van der Waals surface area contributed by atoms with Gasteiger partial charge in [-0.1, -0.05) is 12.1 Å². The Morgan fingerprint density at radius 2 is 1.86 bits per heavy atom. The molecule has 0 saturated carbocycles. The molecule has 1 amide bonds. The number of rotatable bonds is 10. The Labute approximate surface area is 208 Å². The number of aliphatic hydroxyl groups is 2. The lowest BCUT2D eigenvalue weighted by molar-refractivity contribution is 0.0684. The molecule has 35 heavy (non-hydrogen) atoms. The molecule has 3 aromatic rings. The zero-order chi connectivity index (χ0) is 25.5. The summed E-state index contributed by atoms with van der Waals surface area (Å²) in [5, 5.41) is 18.4. The number of halogens is 3. The molecule has 2 N–H and O–H groups in total. The first-order valence-corrected chi connectivity index (χ1v) is 11.5. The number of carbonyl (C=O) groups excluding carboxylic acids is 1. The highest BCUT2D eigenvalue weighted by molar-refractivity contribution is 9.10. The van der Waals surface area contributed by atoms with E-state index in [4.69, 9.17) is 4.74 Å². The van der Waals surface area contributed by atoms with Gasteiger partial charge in [0.25, 0.3) is 11.5 Å². The zero-order valence-corrected chi connectivity index (χ0v) is 20.5. The van der Waals surface area contributed by atoms with Gasteiger partial charge in [-0.15, -0.1) is 0 Å². The Kier molecular flexibility index (Phi) is 9.07. The second kappa shape index (κ2) is 12.0. The molecule has 8 nitrogen and oxygen atoms in total. The summed E-state index contributed by atoms with van der Waals surface area (Å²) >= 11 is 3.19. The number of ether oxygens (including phenoxy) is 1. The van der Waals surface area contributed by atoms with Crippen molar-refractivity contribution in [1.82, 2.24) is 14.5 Å². The number of carbonyl (C=O) groups is 1. The second-order valence-corrected chi connectivity index (χ2v) is 8.43. The molecule has 0 spiro atoms. The van der Waals surface area contributed by atoms with Crippen LogP contribution in [0.15, 0.2) is 51.7 Å². The fraction of sp³-hybridized carbons (Fsp3) is 0.292. The Hall–Kier alpha value is -3.15. The Morgan fingerprint density at radius 1 is 1.14 bits per heavy atom. The maximum Gasteiger partial charge on any atom is 0.272 e. The molecule has 1 heterocycles. The lowest BCUT2D eigenvalue weighted by Crippen LogP contribution is -2.36. The van der Waals surface area contributed by atoms with Crippen LogP contribution >= 0.6 is 15.9 Å². The molecule has 0 saturated heterocycles. The van der Waals surface area contributed by atoms with Crippen LogP contribution in [0.3, 0.4) is 0 Å². The molecule has 0 fully saturated rings. The first-order chi connectivity index (χ1) is 16.7. The third-order valence-electron chi connectivity index (χ3n) is 5.20. The Bertz CT molecular complexity index is 1260. The Balaban J connectivity index is 1.81. The van der Waals surface area contributed by atoms with Crippen molar-refractivity contribution >= 4 is 21.8 Å². The molecule has 0 unspecified atom stereocenters. The first-order valence-electron chi connectivity index (χ1n) is 10.7. The predicted octanol–water partition coefficient (Wildman–Crippen LogP) is 2.65. The van der Waals surface area contributed by atoms with Crippen LogP contribution in [-0.4, -0.2) is 56.9 Å². The van der Waals surface area contributed by atoms with Crippen molar-refractivity contribution in [3.8, 4) is 5.88 Å². The van der Waals surface area contributed by atoms with Gasteiger partial charge in [-0.2, -0.15) is 4.98 Å². The van der Waals surface area contributed by atoms with E-state index >= 15 is 0 Å². The average Bonchev–Trinajstić information content (AvgIpc) is 2.83. The van der Waals surface area contributed by atoms with Crippen LogP contribution in [0.25, 0.3) is 0 Å². The summed E-state index contributed by atoms with van der Waals surface area (Å²) in [6.07, 6.45) is 0. The lowest BCUT2D eigenvalue weighted by atomic mass is 10.1. The maximum atomic E-state index is 13.9. The normalized spacial score (nSPS) is 10.9. The second-order valence-electron chi connectivity index (χ2n) is 7.63. The van der Waals surface area contributed by atoms with Gasteiger partial charge in [-0.05, 0) is 52.7 Å². The van der Waals surface area contributed by atoms with Crippen molar-refractivity contribution in [3.63, 3.8) is 0 Å². The first kappa shape index (κ1) is 26.5. The van der Waals surface area contributed by atoms with Crippen molar-refractivity contribution < 1.29 is 28.5 Å². The average molecular weight is 552 g/mol. The van der Waals surface area contributed by atoms with Gasteiger partial charge in [0.05, 0.1) is 19.8 Å². The summed E-state index contributed by atoms with van der Waals surface area (Å²) in [6.45, 7) is 1.18. The highest BCUT2D eigenvalue weighted by Gasteiger charge is 2.18. The molecular formula is C24H24BrF2N3O5. The topological polar surface area (TPSA) is 105 Å². The molecule has 0 atom stereocenters. The monoisotopic (exact) mass is 551 g/mol. The van der Waals surface area contributed by atoms with E-state index in [9.17, 15) is 28.6 Å². The third-order valence-corrected chi connectivity index (χ3v) is 5.87. The summed E-state index contributed by atoms with van der Waals surface area (Å²) in [7, 11) is 0. The largest absolute Gasteiger partial charge is 0.472 e. The summed E-state index contributed by atoms with van der Waals surface area (Å²) in [4.78, 5) is 31.4. The van der Waals surface area contributed by atoms with E-state index < -0.39 is 17.2 Å². The predicted molar refractivity (Wildman–Crippen MR) is 127 cm³/mol. The van der Waals surface area contributed by atoms with Crippen molar-refractivity contribution in [2.75, 3.05) is 26.3 Å². The number of aromatic nitrogens is 2. The summed E-state index contributed by atoms with van der Waals surface area (Å²) in [6, 6.07) is 9.78. The maximum absolute atomic E-state index is 13.9. The molecule has 0 bridgehead atoms. The molecule has 186 valence electrons. The van der Waals surface area contributed by atoms with Gasteiger partial charge in [0.2, 0.25) is 5.88 Å². The van der Waals surface area contributed by atoms with Gasteiger partial charge in [-0.25, -0.2) is 8.78 Å². The van der Waals surface area contributed by atoms with E-state index in [0.29, 0.717) is 17.0 Å². The van der Waals surface area contributed by atoms with E-state index in [1.807, 2.05) is 0 Å². The van der Waals surface area contributed by atoms with Crippen molar-refractivity contribution in [3.05, 3.63) is 91.4 Å². The smallest absolute Gasteiger partial charge is 0.272 e. The lowest BCUT2D eigenvalue weighted by Gasteiger charge is -2.21. The molecule has 11 heteroatoms. The molecule has 3 rings (SSSR count). The minimum absolute atomic E-state index is 0.0277. The van der Waals surface area contributed by atoms with Crippen LogP contribution in [0.1, 0.15) is 27.3 Å². The van der Waals surface area contributed by atoms with Crippen LogP contribution in [0.5, 0.6) is 5.88 Å². The molecule has 2 aromatic carbocycles. The standard InChI is InChI=1S/C24H24BrF2N3O5/c1-15-28-22(35-14-18-5-6-19(26)12-20(18)27)21(25)24(34)30(15)13-16-3-2-4-17(11-16)23(33)29(7-9-31)8-10-32/h2-6,11-12,31-32H,7-10,13-14H2,1H3. The van der Waals surface area contributed by atoms with Crippen LogP contribution in [0.4, 0.5) is 8.78 Å². The minimum Gasteiger partial charge on any atom is -0.472 e. The van der Waals surface area contributed by atoms with Crippen molar-refractivity contribution in [2.24, 2.45) is 0 Å². The van der Waals surface area contributed by atoms with E-state index in [2.05, 4.69) is 20.9 Å². The highest BCUT2D eigenvalue weighted by Crippen LogP contribution is 2.21. The van der Waals surface area contributed by atoms with Gasteiger partial charge in [0.15, 0.2) is 0 Å². The number of amides is 1. The van der Waals surface area contributed by atoms with Crippen LogP contribution < -0.4 is 10.3 Å². The SMILES string of the molecule is Cc1nc(OCc2ccc(F)cc2F)c(Br)c(=O)n1Cc1cccc(C(=O)N(CCO)CCO)c1. The number of hydrogen-bond donors (Lipinski definition) is 2. The highest BCUT2D eigenvalue weighted by atomic mass is 79.9. The molecule has 0 radical (unpaired) electrons. The summed E-state index contributed by atoms with van der Waals surface area (Å²) < 4.78 is 33.9. The van der Waals surface area contributed by atoms with Gasteiger partial charge >= 0.3 is 0 Å². The molecule has 0 aliphatic heterocycles. The van der Waals surface area contributed by atoms with Crippen LogP contribution in [-0.2, 0) is 13.2 Å². The molecule has 0 aliphatic rings. The fourth-order valence-electron chi connectivity index (χ4n) is 3.40. The van der Waals surface area contributed by atoms with Gasteiger partial charge in [0, 0.05) is 30.3 Å². The summed E-state index contributed by atoms with van der Waals surface area (Å²) in [5.74, 6) is -1.52. The number of nitrogens with zero attached hydrogens (tertiary/aromatic N) is 3. The number of benzene rings is 2. The number of hydrogen-bond acceptors (Lipinski definition) is 6. The minimum atomic E-state index is -0.767. The van der Waals surface area contributed by atoms with E-state index in [-0.39, 0.29) is 61.3 Å². The van der Waals surface area contributed by atoms with Crippen molar-refractivity contribution in [2.45, 2.75) is 20.1 Å². The van der Waals surface area contributed by atoms with Gasteiger partial charge in [0.1, 0.15) is 28.5 Å². The molecule has 1 aromatic heterocycles. The van der Waals surface area contributed by atoms with Gasteiger partial charge in [-0.3, -0.25) is 14.2 Å². The van der Waals surface area contributed by atoms with Crippen LogP contribution in [0, 0.1) is 18.6 Å². The summed E-state index contributed by atoms with van der Waals surface area (Å²) in [5.41, 5.74) is 0.680. The fourth-order valence-corrected chi connectivity index (χ4v) is 3.82.